The number of pyridine rings is 1. The fraction of sp³-hybridized carbons (Fsp3) is 0.647. The predicted octanol–water partition coefficient (Wildman–Crippen LogP) is 3.67. The summed E-state index contributed by atoms with van der Waals surface area (Å²) in [5, 5.41) is 3.41. The van der Waals surface area contributed by atoms with Crippen molar-refractivity contribution >= 4 is 17.5 Å². The number of halogens is 1. The van der Waals surface area contributed by atoms with Gasteiger partial charge in [-0.2, -0.15) is 0 Å². The molecule has 0 aliphatic heterocycles. The van der Waals surface area contributed by atoms with E-state index < -0.39 is 5.56 Å². The van der Waals surface area contributed by atoms with Crippen molar-refractivity contribution in [2.24, 2.45) is 10.8 Å². The summed E-state index contributed by atoms with van der Waals surface area (Å²) in [6.07, 6.45) is 2.96. The Kier molecular flexibility index (Phi) is 4.44. The molecule has 0 aromatic carbocycles. The van der Waals surface area contributed by atoms with Crippen LogP contribution in [-0.4, -0.2) is 16.9 Å². The van der Waals surface area contributed by atoms with Gasteiger partial charge in [0.1, 0.15) is 5.56 Å². The van der Waals surface area contributed by atoms with E-state index >= 15 is 0 Å². The van der Waals surface area contributed by atoms with Gasteiger partial charge in [0, 0.05) is 11.7 Å². The third-order valence-corrected chi connectivity index (χ3v) is 4.70. The van der Waals surface area contributed by atoms with Gasteiger partial charge in [0.2, 0.25) is 0 Å². The molecule has 4 nitrogen and oxygen atoms in total. The maximum Gasteiger partial charge on any atom is 0.261 e. The molecular formula is C17H25ClN2O2. The van der Waals surface area contributed by atoms with Crippen molar-refractivity contribution in [2.75, 3.05) is 0 Å². The Bertz CT molecular complexity index is 631. The number of amides is 1. The summed E-state index contributed by atoms with van der Waals surface area (Å²) < 4.78 is 0. The van der Waals surface area contributed by atoms with Crippen molar-refractivity contribution in [3.8, 4) is 0 Å². The molecule has 122 valence electrons. The Balaban J connectivity index is 2.19. The van der Waals surface area contributed by atoms with Crippen LogP contribution >= 0.6 is 11.6 Å². The average molecular weight is 325 g/mol. The highest BCUT2D eigenvalue weighted by atomic mass is 35.5. The van der Waals surface area contributed by atoms with Gasteiger partial charge in [-0.25, -0.2) is 0 Å². The van der Waals surface area contributed by atoms with Crippen LogP contribution in [0.2, 0.25) is 5.02 Å². The number of hydrogen-bond acceptors (Lipinski definition) is 2. The van der Waals surface area contributed by atoms with Crippen LogP contribution < -0.4 is 10.9 Å². The van der Waals surface area contributed by atoms with Crippen molar-refractivity contribution < 1.29 is 4.79 Å². The molecule has 2 N–H and O–H groups in total. The first-order valence-electron chi connectivity index (χ1n) is 7.69. The van der Waals surface area contributed by atoms with Crippen LogP contribution in [-0.2, 0) is 0 Å². The first-order valence-corrected chi connectivity index (χ1v) is 8.07. The summed E-state index contributed by atoms with van der Waals surface area (Å²) in [6, 6.07) is 1.52. The van der Waals surface area contributed by atoms with Crippen LogP contribution in [0, 0.1) is 17.8 Å². The van der Waals surface area contributed by atoms with Gasteiger partial charge >= 0.3 is 0 Å². The first kappa shape index (κ1) is 17.1. The largest absolute Gasteiger partial charge is 0.349 e. The molecule has 1 aliphatic carbocycles. The summed E-state index contributed by atoms with van der Waals surface area (Å²) in [5.74, 6) is -0.346. The number of hydrogen-bond donors (Lipinski definition) is 2. The molecule has 0 unspecified atom stereocenters. The molecule has 1 aromatic rings. The van der Waals surface area contributed by atoms with Crippen LogP contribution in [0.5, 0.6) is 0 Å². The van der Waals surface area contributed by atoms with Crippen molar-refractivity contribution in [2.45, 2.75) is 59.9 Å². The number of rotatable bonds is 2. The predicted molar refractivity (Wildman–Crippen MR) is 89.5 cm³/mol. The number of nitrogens with one attached hydrogen (secondary N) is 2. The van der Waals surface area contributed by atoms with Crippen molar-refractivity contribution in [3.05, 3.63) is 32.7 Å². The average Bonchev–Trinajstić information content (AvgIpc) is 2.29. The van der Waals surface area contributed by atoms with E-state index in [4.69, 9.17) is 11.6 Å². The minimum atomic E-state index is -0.395. The number of aryl methyl sites for hydroxylation is 1. The summed E-state index contributed by atoms with van der Waals surface area (Å²) in [6.45, 7) is 10.6. The molecule has 2 rings (SSSR count). The first-order chi connectivity index (χ1) is 9.99. The Hall–Kier alpha value is -1.29. The molecular weight excluding hydrogens is 300 g/mol. The Morgan fingerprint density at radius 1 is 1.27 bits per heavy atom. The van der Waals surface area contributed by atoms with Crippen LogP contribution in [0.15, 0.2) is 10.9 Å². The standard InChI is InChI=1S/C17H25ClN2O2/c1-10-13(18)6-12(14(21)19-10)15(22)20-11-7-16(2,3)9-17(4,5)8-11/h6,11H,7-9H2,1-5H3,(H,19,21)(H,20,22). The fourth-order valence-corrected chi connectivity index (χ4v) is 4.13. The Morgan fingerprint density at radius 2 is 1.82 bits per heavy atom. The smallest absolute Gasteiger partial charge is 0.261 e. The van der Waals surface area contributed by atoms with Gasteiger partial charge in [-0.3, -0.25) is 9.59 Å². The number of carbonyl (C=O) groups excluding carboxylic acids is 1. The van der Waals surface area contributed by atoms with E-state index in [1.54, 1.807) is 6.92 Å². The van der Waals surface area contributed by atoms with Crippen molar-refractivity contribution in [1.82, 2.24) is 10.3 Å². The molecule has 1 aliphatic rings. The summed E-state index contributed by atoms with van der Waals surface area (Å²) in [7, 11) is 0. The second-order valence-corrected chi connectivity index (χ2v) is 8.48. The van der Waals surface area contributed by atoms with Gasteiger partial charge in [-0.1, -0.05) is 39.3 Å². The van der Waals surface area contributed by atoms with E-state index in [2.05, 4.69) is 38.0 Å². The normalized spacial score (nSPS) is 20.6. The molecule has 0 spiro atoms. The topological polar surface area (TPSA) is 62.0 Å². The van der Waals surface area contributed by atoms with Crippen molar-refractivity contribution in [3.63, 3.8) is 0 Å². The molecule has 1 fully saturated rings. The highest BCUT2D eigenvalue weighted by Crippen LogP contribution is 2.45. The van der Waals surface area contributed by atoms with Gasteiger partial charge in [-0.15, -0.1) is 0 Å². The Morgan fingerprint density at radius 3 is 2.36 bits per heavy atom. The maximum atomic E-state index is 12.4. The molecule has 0 atom stereocenters. The van der Waals surface area contributed by atoms with Gasteiger partial charge in [-0.05, 0) is 43.1 Å². The zero-order valence-electron chi connectivity index (χ0n) is 14.0. The monoisotopic (exact) mass is 324 g/mol. The third-order valence-electron chi connectivity index (χ3n) is 4.31. The quantitative estimate of drug-likeness (QED) is 0.871. The van der Waals surface area contributed by atoms with Crippen LogP contribution in [0.4, 0.5) is 0 Å². The molecule has 0 bridgehead atoms. The van der Waals surface area contributed by atoms with Crippen LogP contribution in [0.3, 0.4) is 0 Å². The molecule has 5 heteroatoms. The SMILES string of the molecule is Cc1[nH]c(=O)c(C(=O)NC2CC(C)(C)CC(C)(C)C2)cc1Cl. The van der Waals surface area contributed by atoms with Crippen LogP contribution in [0.25, 0.3) is 0 Å². The minimum Gasteiger partial charge on any atom is -0.349 e. The number of H-pyrrole nitrogens is 1. The van der Waals surface area contributed by atoms with E-state index in [-0.39, 0.29) is 28.3 Å². The summed E-state index contributed by atoms with van der Waals surface area (Å²) in [5.41, 5.74) is 0.613. The molecule has 22 heavy (non-hydrogen) atoms. The molecule has 1 saturated carbocycles. The van der Waals surface area contributed by atoms with E-state index in [0.717, 1.165) is 19.3 Å². The molecule has 0 saturated heterocycles. The minimum absolute atomic E-state index is 0.0747. The third kappa shape index (κ3) is 3.92. The number of aromatic amines is 1. The second-order valence-electron chi connectivity index (χ2n) is 8.07. The zero-order valence-corrected chi connectivity index (χ0v) is 14.7. The van der Waals surface area contributed by atoms with E-state index in [1.165, 1.54) is 6.07 Å². The van der Waals surface area contributed by atoms with Gasteiger partial charge < -0.3 is 10.3 Å². The van der Waals surface area contributed by atoms with E-state index in [9.17, 15) is 9.59 Å². The summed E-state index contributed by atoms with van der Waals surface area (Å²) in [4.78, 5) is 27.0. The molecule has 1 aromatic heterocycles. The van der Waals surface area contributed by atoms with Crippen LogP contribution in [0.1, 0.15) is 63.0 Å². The number of aromatic nitrogens is 1. The highest BCUT2D eigenvalue weighted by molar-refractivity contribution is 6.31. The lowest BCUT2D eigenvalue weighted by Gasteiger charge is -2.45. The van der Waals surface area contributed by atoms with E-state index in [0.29, 0.717) is 10.7 Å². The molecule has 1 heterocycles. The maximum absolute atomic E-state index is 12.4. The number of carbonyl (C=O) groups is 1. The lowest BCUT2D eigenvalue weighted by molar-refractivity contribution is 0.0712. The zero-order chi connectivity index (χ0) is 16.7. The Labute approximate surface area is 136 Å². The highest BCUT2D eigenvalue weighted by Gasteiger charge is 2.39. The van der Waals surface area contributed by atoms with Gasteiger partial charge in [0.15, 0.2) is 0 Å². The van der Waals surface area contributed by atoms with Gasteiger partial charge in [0.05, 0.1) is 5.02 Å². The van der Waals surface area contributed by atoms with E-state index in [1.807, 2.05) is 0 Å². The lowest BCUT2D eigenvalue weighted by Crippen LogP contribution is -2.46. The summed E-state index contributed by atoms with van der Waals surface area (Å²) >= 11 is 6.01. The molecule has 0 radical (unpaired) electrons. The van der Waals surface area contributed by atoms with Crippen molar-refractivity contribution in [1.29, 1.82) is 0 Å². The van der Waals surface area contributed by atoms with Gasteiger partial charge in [0.25, 0.3) is 11.5 Å². The molecule has 1 amide bonds. The fourth-order valence-electron chi connectivity index (χ4n) is 3.98. The lowest BCUT2D eigenvalue weighted by atomic mass is 9.63. The second kappa shape index (κ2) is 5.73.